The van der Waals surface area contributed by atoms with E-state index in [1.165, 1.54) is 6.42 Å². The van der Waals surface area contributed by atoms with Gasteiger partial charge in [-0.3, -0.25) is 9.63 Å². The van der Waals surface area contributed by atoms with E-state index in [4.69, 9.17) is 9.57 Å². The van der Waals surface area contributed by atoms with E-state index in [1.807, 2.05) is 0 Å². The number of fused-ring (bicyclic) bond motifs is 2. The van der Waals surface area contributed by atoms with E-state index in [0.717, 1.165) is 44.9 Å². The molecule has 0 aromatic carbocycles. The molecular weight excluding hydrogens is 536 g/mol. The third kappa shape index (κ3) is 6.05. The summed E-state index contributed by atoms with van der Waals surface area (Å²) in [4.78, 5) is 20.4. The van der Waals surface area contributed by atoms with Crippen molar-refractivity contribution in [2.45, 2.75) is 109 Å². The Labute approximate surface area is 252 Å². The standard InChI is InChI=1S/C33H58N2O7/c1-18-26-12-24(33(26,3)4)13-27(18)34-32(40)30-29(19(2)39)28(17-38)42-35(30)14-22-7-6-8-25(31(22)41-5)23-10-20(15-36)9-21(11-23)16-37/h18-31,36-39H,6-17H2,1-5H3,(H,34,40)/t18-,19-,20?,21?,22?,23?,24+,25?,26-,27-,28-,29-,30-,31?/m0/s1. The molecule has 9 heteroatoms. The third-order valence-electron chi connectivity index (χ3n) is 12.8. The van der Waals surface area contributed by atoms with Crippen LogP contribution in [0.5, 0.6) is 0 Å². The van der Waals surface area contributed by atoms with E-state index >= 15 is 0 Å². The highest BCUT2D eigenvalue weighted by atomic mass is 16.7. The van der Waals surface area contributed by atoms with E-state index in [0.29, 0.717) is 41.5 Å². The first kappa shape index (κ1) is 32.6. The Morgan fingerprint density at radius 1 is 1.05 bits per heavy atom. The van der Waals surface area contributed by atoms with Crippen LogP contribution in [0.4, 0.5) is 0 Å². The molecule has 1 aliphatic heterocycles. The van der Waals surface area contributed by atoms with Crippen LogP contribution in [-0.2, 0) is 14.4 Å². The van der Waals surface area contributed by atoms with E-state index < -0.39 is 24.2 Å². The van der Waals surface area contributed by atoms with Crippen molar-refractivity contribution in [3.05, 3.63) is 0 Å². The molecule has 5 saturated carbocycles. The first-order valence-electron chi connectivity index (χ1n) is 16.8. The van der Waals surface area contributed by atoms with Gasteiger partial charge in [0, 0.05) is 44.7 Å². The molecule has 1 saturated heterocycles. The van der Waals surface area contributed by atoms with Crippen molar-refractivity contribution in [1.82, 2.24) is 10.4 Å². The Balaban J connectivity index is 1.32. The summed E-state index contributed by atoms with van der Waals surface area (Å²) >= 11 is 0. The molecule has 1 heterocycles. The molecule has 6 fully saturated rings. The van der Waals surface area contributed by atoms with Gasteiger partial charge in [0.2, 0.25) is 5.91 Å². The van der Waals surface area contributed by atoms with Crippen LogP contribution >= 0.6 is 0 Å². The van der Waals surface area contributed by atoms with Crippen molar-refractivity contribution in [1.29, 1.82) is 0 Å². The summed E-state index contributed by atoms with van der Waals surface area (Å²) in [6.07, 6.45) is 6.54. The molecule has 42 heavy (non-hydrogen) atoms. The maximum atomic E-state index is 14.1. The van der Waals surface area contributed by atoms with Gasteiger partial charge in [-0.05, 0) is 98.7 Å². The summed E-state index contributed by atoms with van der Waals surface area (Å²) in [5.41, 5.74) is 0.326. The van der Waals surface area contributed by atoms with Crippen LogP contribution in [0.1, 0.15) is 79.1 Å². The normalized spacial score (nSPS) is 46.2. The molecule has 2 bridgehead atoms. The average Bonchev–Trinajstić information content (AvgIpc) is 3.36. The number of aliphatic hydroxyl groups excluding tert-OH is 4. The lowest BCUT2D eigenvalue weighted by Crippen LogP contribution is -2.62. The van der Waals surface area contributed by atoms with Crippen molar-refractivity contribution in [3.8, 4) is 0 Å². The van der Waals surface area contributed by atoms with E-state index in [9.17, 15) is 25.2 Å². The first-order chi connectivity index (χ1) is 20.0. The predicted molar refractivity (Wildman–Crippen MR) is 159 cm³/mol. The maximum Gasteiger partial charge on any atom is 0.240 e. The molecule has 6 rings (SSSR count). The molecule has 0 spiro atoms. The maximum absolute atomic E-state index is 14.1. The fourth-order valence-corrected chi connectivity index (χ4v) is 10.4. The minimum atomic E-state index is -0.815. The Bertz CT molecular complexity index is 905. The number of hydrogen-bond donors (Lipinski definition) is 5. The molecule has 1 amide bonds. The van der Waals surface area contributed by atoms with Gasteiger partial charge >= 0.3 is 0 Å². The predicted octanol–water partition coefficient (Wildman–Crippen LogP) is 2.60. The fraction of sp³-hybridized carbons (Fsp3) is 0.970. The van der Waals surface area contributed by atoms with Gasteiger partial charge in [0.1, 0.15) is 12.1 Å². The highest BCUT2D eigenvalue weighted by Crippen LogP contribution is 2.61. The smallest absolute Gasteiger partial charge is 0.240 e. The van der Waals surface area contributed by atoms with Crippen molar-refractivity contribution in [2.24, 2.45) is 58.7 Å². The topological polar surface area (TPSA) is 132 Å². The quantitative estimate of drug-likeness (QED) is 0.261. The number of aliphatic hydroxyl groups is 4. The van der Waals surface area contributed by atoms with Crippen LogP contribution in [0.3, 0.4) is 0 Å². The zero-order valence-corrected chi connectivity index (χ0v) is 26.5. The van der Waals surface area contributed by atoms with Crippen LogP contribution in [-0.4, -0.2) is 95.3 Å². The highest BCUT2D eigenvalue weighted by Gasteiger charge is 2.57. The van der Waals surface area contributed by atoms with Gasteiger partial charge in [-0.25, -0.2) is 0 Å². The summed E-state index contributed by atoms with van der Waals surface area (Å²) in [6.45, 7) is 9.20. The Morgan fingerprint density at radius 2 is 1.74 bits per heavy atom. The van der Waals surface area contributed by atoms with Gasteiger partial charge in [0.15, 0.2) is 0 Å². The van der Waals surface area contributed by atoms with Crippen LogP contribution in [0, 0.1) is 58.7 Å². The number of hydrogen-bond acceptors (Lipinski definition) is 8. The van der Waals surface area contributed by atoms with Crippen molar-refractivity contribution in [3.63, 3.8) is 0 Å². The van der Waals surface area contributed by atoms with Crippen molar-refractivity contribution < 1.29 is 34.8 Å². The van der Waals surface area contributed by atoms with Crippen molar-refractivity contribution >= 4 is 5.91 Å². The Kier molecular flexibility index (Phi) is 10.3. The molecule has 5 unspecified atom stereocenters. The molecule has 6 aliphatic rings. The van der Waals surface area contributed by atoms with Crippen LogP contribution < -0.4 is 5.32 Å². The largest absolute Gasteiger partial charge is 0.396 e. The zero-order chi connectivity index (χ0) is 30.3. The van der Waals surface area contributed by atoms with Crippen molar-refractivity contribution in [2.75, 3.05) is 33.5 Å². The summed E-state index contributed by atoms with van der Waals surface area (Å²) in [7, 11) is 1.77. The van der Waals surface area contributed by atoms with Gasteiger partial charge in [-0.1, -0.05) is 27.2 Å². The number of nitrogens with zero attached hydrogens (tertiary/aromatic N) is 1. The lowest BCUT2D eigenvalue weighted by Gasteiger charge is -2.62. The second-order valence-corrected chi connectivity index (χ2v) is 15.4. The van der Waals surface area contributed by atoms with Gasteiger partial charge in [-0.15, -0.1) is 0 Å². The summed E-state index contributed by atoms with van der Waals surface area (Å²) in [6, 6.07) is -0.583. The Hall–Kier alpha value is -0.810. The number of ether oxygens (including phenoxy) is 1. The molecule has 0 radical (unpaired) electrons. The fourth-order valence-electron chi connectivity index (χ4n) is 10.4. The molecule has 0 aromatic rings. The van der Waals surface area contributed by atoms with E-state index in [2.05, 4.69) is 26.1 Å². The number of hydroxylamine groups is 2. The second-order valence-electron chi connectivity index (χ2n) is 15.4. The molecule has 5 aliphatic carbocycles. The minimum absolute atomic E-state index is 0.0290. The molecule has 9 nitrogen and oxygen atoms in total. The van der Waals surface area contributed by atoms with E-state index in [1.54, 1.807) is 19.1 Å². The second kappa shape index (κ2) is 13.3. The highest BCUT2D eigenvalue weighted by molar-refractivity contribution is 5.82. The number of methoxy groups -OCH3 is 1. The van der Waals surface area contributed by atoms with Gasteiger partial charge < -0.3 is 30.5 Å². The molecule has 5 N–H and O–H groups in total. The zero-order valence-electron chi connectivity index (χ0n) is 26.5. The molecule has 242 valence electrons. The van der Waals surface area contributed by atoms with Gasteiger partial charge in [0.05, 0.1) is 18.8 Å². The number of nitrogens with one attached hydrogen (secondary N) is 1. The lowest BCUT2D eigenvalue weighted by molar-refractivity contribution is -0.193. The summed E-state index contributed by atoms with van der Waals surface area (Å²) in [5, 5.41) is 46.1. The molecule has 13 atom stereocenters. The number of rotatable bonds is 10. The average molecular weight is 595 g/mol. The van der Waals surface area contributed by atoms with Crippen LogP contribution in [0.25, 0.3) is 0 Å². The first-order valence-corrected chi connectivity index (χ1v) is 16.8. The SMILES string of the molecule is COC1C(CN2O[C@@H](CO)[C@H]([C@H](C)O)[C@H]2C(=O)N[C@H]2C[C@H]3C[C@@H]([C@@H]2C)C3(C)C)CCCC1C1CC(CO)CC(CO)C1. The summed E-state index contributed by atoms with van der Waals surface area (Å²) < 4.78 is 6.21. The van der Waals surface area contributed by atoms with Gasteiger partial charge in [0.25, 0.3) is 0 Å². The Morgan fingerprint density at radius 3 is 2.29 bits per heavy atom. The third-order valence-corrected chi connectivity index (χ3v) is 12.8. The van der Waals surface area contributed by atoms with E-state index in [-0.39, 0.29) is 55.6 Å². The lowest BCUT2D eigenvalue weighted by atomic mass is 9.45. The monoisotopic (exact) mass is 594 g/mol. The summed E-state index contributed by atoms with van der Waals surface area (Å²) in [5.74, 6) is 2.20. The number of carbonyl (C=O) groups is 1. The minimum Gasteiger partial charge on any atom is -0.396 e. The van der Waals surface area contributed by atoms with Crippen LogP contribution in [0.15, 0.2) is 0 Å². The number of carbonyl (C=O) groups excluding carboxylic acids is 1. The number of amides is 1. The molecular formula is C33H58N2O7. The van der Waals surface area contributed by atoms with Gasteiger partial charge in [-0.2, -0.15) is 5.06 Å². The molecule has 0 aromatic heterocycles. The van der Waals surface area contributed by atoms with Crippen LogP contribution in [0.2, 0.25) is 0 Å².